The van der Waals surface area contributed by atoms with Gasteiger partial charge in [0.25, 0.3) is 0 Å². The smallest absolute Gasteiger partial charge is 0.130 e. The van der Waals surface area contributed by atoms with Crippen molar-refractivity contribution in [3.05, 3.63) is 35.9 Å². The van der Waals surface area contributed by atoms with Crippen LogP contribution in [0.25, 0.3) is 0 Å². The number of ether oxygens (including phenoxy) is 2. The molecular weight excluding hydrogens is 268 g/mol. The molecule has 1 aromatic rings. The van der Waals surface area contributed by atoms with Gasteiger partial charge in [-0.15, -0.1) is 11.8 Å². The fourth-order valence-corrected chi connectivity index (χ4v) is 3.78. The molecule has 0 bridgehead atoms. The molecule has 3 heteroatoms. The second-order valence-corrected chi connectivity index (χ2v) is 7.02. The number of rotatable bonds is 5. The number of hydrogen-bond acceptors (Lipinski definition) is 3. The summed E-state index contributed by atoms with van der Waals surface area (Å²) in [7, 11) is 0. The predicted octanol–water partition coefficient (Wildman–Crippen LogP) is 4.34. The van der Waals surface area contributed by atoms with Gasteiger partial charge in [-0.2, -0.15) is 0 Å². The summed E-state index contributed by atoms with van der Waals surface area (Å²) in [6.07, 6.45) is 0.483. The first-order valence-electron chi connectivity index (χ1n) is 7.56. The van der Waals surface area contributed by atoms with Gasteiger partial charge in [0.2, 0.25) is 0 Å². The molecule has 1 saturated heterocycles. The Morgan fingerprint density at radius 2 is 1.80 bits per heavy atom. The zero-order valence-corrected chi connectivity index (χ0v) is 13.7. The Labute approximate surface area is 127 Å². The Morgan fingerprint density at radius 3 is 2.45 bits per heavy atom. The molecule has 0 radical (unpaired) electrons. The summed E-state index contributed by atoms with van der Waals surface area (Å²) < 4.78 is 12.4. The maximum absolute atomic E-state index is 6.22. The molecule has 2 rings (SSSR count). The van der Waals surface area contributed by atoms with E-state index < -0.39 is 0 Å². The molecule has 2 unspecified atom stereocenters. The van der Waals surface area contributed by atoms with Gasteiger partial charge < -0.3 is 9.47 Å². The van der Waals surface area contributed by atoms with Gasteiger partial charge in [0.15, 0.2) is 0 Å². The summed E-state index contributed by atoms with van der Waals surface area (Å²) in [4.78, 5) is 0. The van der Waals surface area contributed by atoms with Crippen LogP contribution in [0.15, 0.2) is 30.3 Å². The second-order valence-electron chi connectivity index (χ2n) is 5.64. The molecule has 1 heterocycles. The lowest BCUT2D eigenvalue weighted by Gasteiger charge is -2.43. The molecule has 1 aromatic carbocycles. The molecular formula is C17H26O2S. The summed E-state index contributed by atoms with van der Waals surface area (Å²) in [5, 5.41) is 0. The van der Waals surface area contributed by atoms with E-state index in [1.807, 2.05) is 17.8 Å². The maximum atomic E-state index is 6.22. The first kappa shape index (κ1) is 15.9. The van der Waals surface area contributed by atoms with Gasteiger partial charge >= 0.3 is 0 Å². The fraction of sp³-hybridized carbons (Fsp3) is 0.647. The quantitative estimate of drug-likeness (QED) is 0.804. The molecule has 2 nitrogen and oxygen atoms in total. The van der Waals surface area contributed by atoms with Crippen molar-refractivity contribution in [3.63, 3.8) is 0 Å². The molecule has 0 spiro atoms. The fourth-order valence-electron chi connectivity index (χ4n) is 2.68. The molecule has 0 aromatic heterocycles. The highest BCUT2D eigenvalue weighted by atomic mass is 32.2. The summed E-state index contributed by atoms with van der Waals surface area (Å²) in [5.41, 5.74) is 1.39. The topological polar surface area (TPSA) is 18.5 Å². The third-order valence-electron chi connectivity index (χ3n) is 4.32. The monoisotopic (exact) mass is 294 g/mol. The Morgan fingerprint density at radius 1 is 1.10 bits per heavy atom. The van der Waals surface area contributed by atoms with Gasteiger partial charge in [-0.25, -0.2) is 0 Å². The van der Waals surface area contributed by atoms with Gasteiger partial charge in [-0.05, 0) is 30.1 Å². The second kappa shape index (κ2) is 7.48. The molecule has 20 heavy (non-hydrogen) atoms. The van der Waals surface area contributed by atoms with E-state index in [0.717, 1.165) is 5.75 Å². The van der Waals surface area contributed by atoms with Gasteiger partial charge in [-0.3, -0.25) is 0 Å². The van der Waals surface area contributed by atoms with Gasteiger partial charge in [0, 0.05) is 0 Å². The molecule has 1 aliphatic rings. The lowest BCUT2D eigenvalue weighted by molar-refractivity contribution is -0.153. The van der Waals surface area contributed by atoms with E-state index in [4.69, 9.17) is 9.47 Å². The van der Waals surface area contributed by atoms with E-state index in [-0.39, 0.29) is 11.5 Å². The van der Waals surface area contributed by atoms with E-state index in [2.05, 4.69) is 52.0 Å². The number of thioether (sulfide) groups is 1. The van der Waals surface area contributed by atoms with Crippen molar-refractivity contribution in [1.82, 2.24) is 0 Å². The van der Waals surface area contributed by atoms with Crippen LogP contribution in [0.5, 0.6) is 0 Å². The molecule has 0 saturated carbocycles. The molecule has 1 aliphatic heterocycles. The van der Waals surface area contributed by atoms with E-state index >= 15 is 0 Å². The minimum Gasteiger partial charge on any atom is -0.370 e. The van der Waals surface area contributed by atoms with Crippen LogP contribution in [0.2, 0.25) is 0 Å². The first-order valence-corrected chi connectivity index (χ1v) is 8.61. The van der Waals surface area contributed by atoms with Crippen LogP contribution < -0.4 is 0 Å². The lowest BCUT2D eigenvalue weighted by atomic mass is 9.85. The van der Waals surface area contributed by atoms with Crippen molar-refractivity contribution in [2.45, 2.75) is 51.9 Å². The summed E-state index contributed by atoms with van der Waals surface area (Å²) in [6.45, 7) is 9.58. The third-order valence-corrected chi connectivity index (χ3v) is 5.36. The van der Waals surface area contributed by atoms with Crippen molar-refractivity contribution in [2.24, 2.45) is 11.8 Å². The molecule has 0 amide bonds. The minimum absolute atomic E-state index is 0.157. The van der Waals surface area contributed by atoms with Crippen molar-refractivity contribution in [1.29, 1.82) is 0 Å². The summed E-state index contributed by atoms with van der Waals surface area (Å²) >= 11 is 1.86. The average molecular weight is 294 g/mol. The molecule has 5 atom stereocenters. The van der Waals surface area contributed by atoms with Crippen LogP contribution in [0, 0.1) is 11.8 Å². The standard InChI is InChI=1S/C17H26O2S/c1-5-20-17-16(13(3)12(2)14(4)19-17)18-11-15-9-7-6-8-10-15/h6-10,12-14,16-17H,5,11H2,1-4H3/t12-,13+,14?,16?,17+/m1/s1. The highest BCUT2D eigenvalue weighted by Crippen LogP contribution is 2.37. The SMILES string of the molecule is CCS[C@@H]1OC(C)[C@H](C)[C@H](C)C1OCc1ccccc1. The zero-order valence-electron chi connectivity index (χ0n) is 12.9. The zero-order chi connectivity index (χ0) is 14.5. The van der Waals surface area contributed by atoms with Crippen molar-refractivity contribution in [3.8, 4) is 0 Å². The van der Waals surface area contributed by atoms with Gasteiger partial charge in [0.05, 0.1) is 18.8 Å². The van der Waals surface area contributed by atoms with Crippen molar-refractivity contribution >= 4 is 11.8 Å². The first-order chi connectivity index (χ1) is 9.63. The van der Waals surface area contributed by atoms with Crippen LogP contribution in [-0.4, -0.2) is 23.4 Å². The van der Waals surface area contributed by atoms with Gasteiger partial charge in [0.1, 0.15) is 5.44 Å². The van der Waals surface area contributed by atoms with Crippen LogP contribution >= 0.6 is 11.8 Å². The van der Waals surface area contributed by atoms with Crippen LogP contribution in [0.1, 0.15) is 33.3 Å². The normalized spacial score (nSPS) is 34.1. The minimum atomic E-state index is 0.157. The molecule has 1 fully saturated rings. The predicted molar refractivity (Wildman–Crippen MR) is 85.8 cm³/mol. The van der Waals surface area contributed by atoms with Crippen LogP contribution in [0.4, 0.5) is 0 Å². The lowest BCUT2D eigenvalue weighted by Crippen LogP contribution is -2.48. The Kier molecular flexibility index (Phi) is 5.94. The Balaban J connectivity index is 2.01. The maximum Gasteiger partial charge on any atom is 0.130 e. The van der Waals surface area contributed by atoms with Crippen LogP contribution in [0.3, 0.4) is 0 Å². The van der Waals surface area contributed by atoms with E-state index in [9.17, 15) is 0 Å². The third kappa shape index (κ3) is 3.78. The Hall–Kier alpha value is -0.510. The summed E-state index contributed by atoms with van der Waals surface area (Å²) in [5.74, 6) is 2.11. The van der Waals surface area contributed by atoms with E-state index in [0.29, 0.717) is 24.5 Å². The number of benzene rings is 1. The highest BCUT2D eigenvalue weighted by Gasteiger charge is 2.40. The van der Waals surface area contributed by atoms with Crippen molar-refractivity contribution in [2.75, 3.05) is 5.75 Å². The molecule has 112 valence electrons. The molecule has 0 aliphatic carbocycles. The van der Waals surface area contributed by atoms with Crippen LogP contribution in [-0.2, 0) is 16.1 Å². The average Bonchev–Trinajstić information content (AvgIpc) is 2.46. The van der Waals surface area contributed by atoms with Gasteiger partial charge in [-0.1, -0.05) is 51.1 Å². The van der Waals surface area contributed by atoms with E-state index in [1.165, 1.54) is 5.56 Å². The van der Waals surface area contributed by atoms with Crippen molar-refractivity contribution < 1.29 is 9.47 Å². The summed E-state index contributed by atoms with van der Waals surface area (Å²) in [6, 6.07) is 10.4. The largest absolute Gasteiger partial charge is 0.370 e. The molecule has 0 N–H and O–H groups in total. The highest BCUT2D eigenvalue weighted by molar-refractivity contribution is 7.99. The Bertz CT molecular complexity index is 395. The van der Waals surface area contributed by atoms with E-state index in [1.54, 1.807) is 0 Å². The number of hydrogen-bond donors (Lipinski definition) is 0.